The van der Waals surface area contributed by atoms with Gasteiger partial charge >= 0.3 is 6.09 Å². The van der Waals surface area contributed by atoms with Crippen molar-refractivity contribution in [2.75, 3.05) is 22.6 Å². The van der Waals surface area contributed by atoms with Crippen LogP contribution in [0, 0.1) is 18.6 Å². The van der Waals surface area contributed by atoms with Gasteiger partial charge in [-0.2, -0.15) is 0 Å². The molecule has 0 aliphatic rings. The molecule has 27 heavy (non-hydrogen) atoms. The summed E-state index contributed by atoms with van der Waals surface area (Å²) in [7, 11) is 0. The number of hydrogen-bond donors (Lipinski definition) is 3. The average Bonchev–Trinajstić information content (AvgIpc) is 2.61. The Morgan fingerprint density at radius 2 is 1.78 bits per heavy atom. The number of halogens is 2. The number of benzene rings is 2. The fraction of sp³-hybridized carbons (Fsp3) is 0.263. The summed E-state index contributed by atoms with van der Waals surface area (Å²) in [5.41, 5.74) is 2.06. The molecule has 0 aliphatic heterocycles. The third-order valence-corrected chi connectivity index (χ3v) is 3.80. The number of anilines is 3. The lowest BCUT2D eigenvalue weighted by Gasteiger charge is -2.18. The normalized spacial score (nSPS) is 11.4. The maximum atomic E-state index is 13.2. The van der Waals surface area contributed by atoms with E-state index in [1.54, 1.807) is 39.0 Å². The van der Waals surface area contributed by atoms with Gasteiger partial charge in [-0.1, -0.05) is 6.07 Å². The van der Waals surface area contributed by atoms with E-state index in [-0.39, 0.29) is 12.3 Å². The summed E-state index contributed by atoms with van der Waals surface area (Å²) in [5, 5.41) is 8.17. The molecule has 0 bridgehead atoms. The number of amides is 2. The number of nitrogens with one attached hydrogen (secondary N) is 3. The molecule has 0 spiro atoms. The van der Waals surface area contributed by atoms with Crippen LogP contribution < -0.4 is 16.0 Å². The third kappa shape index (κ3) is 5.40. The van der Waals surface area contributed by atoms with Crippen molar-refractivity contribution in [3.8, 4) is 0 Å². The standard InChI is InChI=1S/C19H21F2N3O3/c1-4-27-19(26)24-17-7-5-6-16(11(17)2)22-12(3)18(25)23-13-8-9-14(20)15(21)10-13/h5-10,12,22H,4H2,1-3H3,(H,23,25)(H,24,26). The topological polar surface area (TPSA) is 79.5 Å². The van der Waals surface area contributed by atoms with E-state index >= 15 is 0 Å². The number of hydrogen-bond acceptors (Lipinski definition) is 4. The molecule has 0 aromatic heterocycles. The van der Waals surface area contributed by atoms with Gasteiger partial charge in [0.05, 0.1) is 6.61 Å². The van der Waals surface area contributed by atoms with Crippen molar-refractivity contribution in [2.45, 2.75) is 26.8 Å². The van der Waals surface area contributed by atoms with Crippen molar-refractivity contribution >= 4 is 29.1 Å². The van der Waals surface area contributed by atoms with Gasteiger partial charge in [0, 0.05) is 23.1 Å². The molecule has 0 saturated heterocycles. The molecule has 8 heteroatoms. The molecule has 1 unspecified atom stereocenters. The quantitative estimate of drug-likeness (QED) is 0.702. The smallest absolute Gasteiger partial charge is 0.411 e. The van der Waals surface area contributed by atoms with E-state index in [4.69, 9.17) is 4.74 Å². The largest absolute Gasteiger partial charge is 0.450 e. The highest BCUT2D eigenvalue weighted by atomic mass is 19.2. The molecule has 6 nitrogen and oxygen atoms in total. The lowest BCUT2D eigenvalue weighted by Crippen LogP contribution is -2.32. The molecule has 0 saturated carbocycles. The summed E-state index contributed by atoms with van der Waals surface area (Å²) in [4.78, 5) is 23.9. The summed E-state index contributed by atoms with van der Waals surface area (Å²) in [6.45, 7) is 5.37. The highest BCUT2D eigenvalue weighted by molar-refractivity contribution is 5.96. The molecule has 3 N–H and O–H groups in total. The summed E-state index contributed by atoms with van der Waals surface area (Å²) in [6.07, 6.45) is -0.568. The van der Waals surface area contributed by atoms with Gasteiger partial charge in [0.25, 0.3) is 0 Å². The summed E-state index contributed by atoms with van der Waals surface area (Å²) in [6, 6.07) is 7.65. The molecule has 0 aliphatic carbocycles. The minimum absolute atomic E-state index is 0.155. The highest BCUT2D eigenvalue weighted by Crippen LogP contribution is 2.24. The molecule has 1 atom stereocenters. The van der Waals surface area contributed by atoms with Crippen LogP contribution in [0.3, 0.4) is 0 Å². The van der Waals surface area contributed by atoms with Gasteiger partial charge in [-0.05, 0) is 50.6 Å². The fourth-order valence-corrected chi connectivity index (χ4v) is 2.33. The molecule has 2 aromatic rings. The molecular formula is C19H21F2N3O3. The molecular weight excluding hydrogens is 356 g/mol. The van der Waals surface area contributed by atoms with Gasteiger partial charge in [-0.15, -0.1) is 0 Å². The monoisotopic (exact) mass is 377 g/mol. The summed E-state index contributed by atoms with van der Waals surface area (Å²) >= 11 is 0. The second-order valence-corrected chi connectivity index (χ2v) is 5.81. The van der Waals surface area contributed by atoms with Crippen LogP contribution in [-0.2, 0) is 9.53 Å². The summed E-state index contributed by atoms with van der Waals surface area (Å²) < 4.78 is 31.1. The minimum Gasteiger partial charge on any atom is -0.450 e. The van der Waals surface area contributed by atoms with Crippen molar-refractivity contribution < 1.29 is 23.1 Å². The molecule has 2 rings (SSSR count). The van der Waals surface area contributed by atoms with Crippen LogP contribution in [0.25, 0.3) is 0 Å². The molecule has 2 amide bonds. The van der Waals surface area contributed by atoms with E-state index < -0.39 is 29.7 Å². The Morgan fingerprint density at radius 1 is 1.07 bits per heavy atom. The first-order valence-corrected chi connectivity index (χ1v) is 8.37. The maximum Gasteiger partial charge on any atom is 0.411 e. The van der Waals surface area contributed by atoms with Crippen LogP contribution in [0.5, 0.6) is 0 Å². The van der Waals surface area contributed by atoms with Gasteiger partial charge in [0.2, 0.25) is 5.91 Å². The SMILES string of the molecule is CCOC(=O)Nc1cccc(NC(C)C(=O)Nc2ccc(F)c(F)c2)c1C. The second-order valence-electron chi connectivity index (χ2n) is 5.81. The fourth-order valence-electron chi connectivity index (χ4n) is 2.33. The van der Waals surface area contributed by atoms with Crippen LogP contribution >= 0.6 is 0 Å². The van der Waals surface area contributed by atoms with Gasteiger partial charge < -0.3 is 15.4 Å². The van der Waals surface area contributed by atoms with Gasteiger partial charge in [0.15, 0.2) is 11.6 Å². The lowest BCUT2D eigenvalue weighted by molar-refractivity contribution is -0.116. The number of carbonyl (C=O) groups excluding carboxylic acids is 2. The Morgan fingerprint density at radius 3 is 2.44 bits per heavy atom. The maximum absolute atomic E-state index is 13.2. The van der Waals surface area contributed by atoms with E-state index in [1.807, 2.05) is 0 Å². The van der Waals surface area contributed by atoms with Crippen molar-refractivity contribution in [3.05, 3.63) is 53.6 Å². The molecule has 0 heterocycles. The van der Waals surface area contributed by atoms with Crippen molar-refractivity contribution in [2.24, 2.45) is 0 Å². The Kier molecular flexibility index (Phi) is 6.70. The first kappa shape index (κ1) is 20.2. The molecule has 0 fully saturated rings. The highest BCUT2D eigenvalue weighted by Gasteiger charge is 2.16. The minimum atomic E-state index is -1.04. The van der Waals surface area contributed by atoms with E-state index in [9.17, 15) is 18.4 Å². The van der Waals surface area contributed by atoms with Gasteiger partial charge in [-0.25, -0.2) is 13.6 Å². The van der Waals surface area contributed by atoms with Crippen molar-refractivity contribution in [1.82, 2.24) is 0 Å². The van der Waals surface area contributed by atoms with E-state index in [2.05, 4.69) is 16.0 Å². The second kappa shape index (κ2) is 8.98. The number of rotatable bonds is 6. The first-order chi connectivity index (χ1) is 12.8. The van der Waals surface area contributed by atoms with E-state index in [0.717, 1.165) is 17.7 Å². The van der Waals surface area contributed by atoms with Gasteiger partial charge in [0.1, 0.15) is 6.04 Å². The van der Waals surface area contributed by atoms with Crippen LogP contribution in [0.15, 0.2) is 36.4 Å². The van der Waals surface area contributed by atoms with Crippen LogP contribution in [-0.4, -0.2) is 24.6 Å². The Hall–Kier alpha value is -3.16. The van der Waals surface area contributed by atoms with E-state index in [1.165, 1.54) is 6.07 Å². The van der Waals surface area contributed by atoms with Crippen molar-refractivity contribution in [1.29, 1.82) is 0 Å². The summed E-state index contributed by atoms with van der Waals surface area (Å²) in [5.74, 6) is -2.45. The van der Waals surface area contributed by atoms with Crippen LogP contribution in [0.1, 0.15) is 19.4 Å². The van der Waals surface area contributed by atoms with Gasteiger partial charge in [-0.3, -0.25) is 10.1 Å². The zero-order valence-electron chi connectivity index (χ0n) is 15.2. The Bertz CT molecular complexity index is 843. The lowest BCUT2D eigenvalue weighted by atomic mass is 10.1. The number of ether oxygens (including phenoxy) is 1. The predicted molar refractivity (Wildman–Crippen MR) is 99.9 cm³/mol. The van der Waals surface area contributed by atoms with Crippen LogP contribution in [0.2, 0.25) is 0 Å². The molecule has 2 aromatic carbocycles. The molecule has 0 radical (unpaired) electrons. The average molecular weight is 377 g/mol. The number of carbonyl (C=O) groups is 2. The molecule has 144 valence electrons. The Labute approximate surface area is 155 Å². The van der Waals surface area contributed by atoms with Crippen LogP contribution in [0.4, 0.5) is 30.6 Å². The first-order valence-electron chi connectivity index (χ1n) is 8.37. The predicted octanol–water partition coefficient (Wildman–Crippen LogP) is 4.28. The van der Waals surface area contributed by atoms with Crippen molar-refractivity contribution in [3.63, 3.8) is 0 Å². The Balaban J connectivity index is 2.05. The zero-order chi connectivity index (χ0) is 20.0. The third-order valence-electron chi connectivity index (χ3n) is 3.80. The zero-order valence-corrected chi connectivity index (χ0v) is 15.2. The van der Waals surface area contributed by atoms with E-state index in [0.29, 0.717) is 11.4 Å².